The zero-order chi connectivity index (χ0) is 14.4. The van der Waals surface area contributed by atoms with Gasteiger partial charge in [-0.2, -0.15) is 0 Å². The molecule has 5 heteroatoms. The Hall–Kier alpha value is -1.91. The van der Waals surface area contributed by atoms with Crippen molar-refractivity contribution < 1.29 is 14.0 Å². The summed E-state index contributed by atoms with van der Waals surface area (Å²) in [5.74, 6) is -1.03. The fraction of sp³-hybridized carbons (Fsp3) is 0.429. The molecule has 1 unspecified atom stereocenters. The Morgan fingerprint density at radius 1 is 1.21 bits per heavy atom. The van der Waals surface area contributed by atoms with Crippen molar-refractivity contribution >= 4 is 11.8 Å². The van der Waals surface area contributed by atoms with E-state index in [0.717, 1.165) is 0 Å². The van der Waals surface area contributed by atoms with Crippen LogP contribution in [0.15, 0.2) is 24.3 Å². The van der Waals surface area contributed by atoms with E-state index in [9.17, 15) is 14.0 Å². The van der Waals surface area contributed by atoms with Crippen LogP contribution in [0.5, 0.6) is 0 Å². The molecular weight excluding hydrogens is 247 g/mol. The Morgan fingerprint density at radius 3 is 2.26 bits per heavy atom. The van der Waals surface area contributed by atoms with Crippen LogP contribution in [0.2, 0.25) is 0 Å². The highest BCUT2D eigenvalue weighted by molar-refractivity contribution is 5.97. The molecule has 2 amide bonds. The maximum atomic E-state index is 12.8. The average Bonchev–Trinajstić information content (AvgIpc) is 2.36. The lowest BCUT2D eigenvalue weighted by atomic mass is 10.0. The number of rotatable bonds is 5. The van der Waals surface area contributed by atoms with Crippen molar-refractivity contribution in [2.24, 2.45) is 5.92 Å². The average molecular weight is 266 g/mol. The van der Waals surface area contributed by atoms with Crippen molar-refractivity contribution in [3.63, 3.8) is 0 Å². The smallest absolute Gasteiger partial charge is 0.251 e. The summed E-state index contributed by atoms with van der Waals surface area (Å²) in [6.07, 6.45) is 0. The maximum Gasteiger partial charge on any atom is 0.251 e. The van der Waals surface area contributed by atoms with Crippen LogP contribution in [-0.2, 0) is 4.79 Å². The van der Waals surface area contributed by atoms with Gasteiger partial charge >= 0.3 is 0 Å². The monoisotopic (exact) mass is 266 g/mol. The Morgan fingerprint density at radius 2 is 1.79 bits per heavy atom. The van der Waals surface area contributed by atoms with Crippen LogP contribution in [0.3, 0.4) is 0 Å². The molecule has 0 bridgehead atoms. The third-order valence-electron chi connectivity index (χ3n) is 2.69. The summed E-state index contributed by atoms with van der Waals surface area (Å²) >= 11 is 0. The fourth-order valence-corrected chi connectivity index (χ4v) is 1.64. The van der Waals surface area contributed by atoms with Crippen molar-refractivity contribution in [1.82, 2.24) is 10.6 Å². The summed E-state index contributed by atoms with van der Waals surface area (Å²) in [7, 11) is 0. The topological polar surface area (TPSA) is 58.2 Å². The van der Waals surface area contributed by atoms with E-state index in [4.69, 9.17) is 0 Å². The molecule has 1 rings (SSSR count). The van der Waals surface area contributed by atoms with Gasteiger partial charge in [0.05, 0.1) is 0 Å². The first-order valence-electron chi connectivity index (χ1n) is 6.29. The van der Waals surface area contributed by atoms with Gasteiger partial charge < -0.3 is 10.6 Å². The lowest BCUT2D eigenvalue weighted by Crippen LogP contribution is -2.49. The van der Waals surface area contributed by atoms with E-state index >= 15 is 0 Å². The van der Waals surface area contributed by atoms with Crippen LogP contribution >= 0.6 is 0 Å². The third-order valence-corrected chi connectivity index (χ3v) is 2.69. The second-order valence-electron chi connectivity index (χ2n) is 4.60. The summed E-state index contributed by atoms with van der Waals surface area (Å²) in [4.78, 5) is 23.8. The van der Waals surface area contributed by atoms with E-state index in [-0.39, 0.29) is 17.7 Å². The molecule has 0 heterocycles. The molecule has 0 saturated heterocycles. The number of hydrogen-bond acceptors (Lipinski definition) is 2. The van der Waals surface area contributed by atoms with Crippen molar-refractivity contribution in [3.8, 4) is 0 Å². The van der Waals surface area contributed by atoms with E-state index < -0.39 is 11.9 Å². The first-order chi connectivity index (χ1) is 8.95. The molecule has 4 nitrogen and oxygen atoms in total. The second kappa shape index (κ2) is 6.87. The molecule has 1 aromatic rings. The van der Waals surface area contributed by atoms with Crippen molar-refractivity contribution in [2.75, 3.05) is 6.54 Å². The highest BCUT2D eigenvalue weighted by atomic mass is 19.1. The van der Waals surface area contributed by atoms with Gasteiger partial charge in [-0.15, -0.1) is 0 Å². The lowest BCUT2D eigenvalue weighted by Gasteiger charge is -2.21. The number of halogens is 1. The largest absolute Gasteiger partial charge is 0.355 e. The maximum absolute atomic E-state index is 12.8. The number of carbonyl (C=O) groups excluding carboxylic acids is 2. The highest BCUT2D eigenvalue weighted by Crippen LogP contribution is 2.06. The van der Waals surface area contributed by atoms with E-state index in [1.807, 2.05) is 20.8 Å². The quantitative estimate of drug-likeness (QED) is 0.852. The summed E-state index contributed by atoms with van der Waals surface area (Å²) < 4.78 is 12.8. The fourth-order valence-electron chi connectivity index (χ4n) is 1.64. The minimum Gasteiger partial charge on any atom is -0.355 e. The number of hydrogen-bond donors (Lipinski definition) is 2. The van der Waals surface area contributed by atoms with Gasteiger partial charge in [-0.3, -0.25) is 9.59 Å². The van der Waals surface area contributed by atoms with Crippen LogP contribution in [-0.4, -0.2) is 24.4 Å². The van der Waals surface area contributed by atoms with Gasteiger partial charge in [-0.1, -0.05) is 13.8 Å². The molecule has 0 radical (unpaired) electrons. The molecule has 1 atom stereocenters. The third kappa shape index (κ3) is 4.35. The molecule has 19 heavy (non-hydrogen) atoms. The predicted octanol–water partition coefficient (Wildman–Crippen LogP) is 1.72. The van der Waals surface area contributed by atoms with Gasteiger partial charge in [0.2, 0.25) is 5.91 Å². The number of nitrogens with one attached hydrogen (secondary N) is 2. The van der Waals surface area contributed by atoms with Gasteiger partial charge in [-0.05, 0) is 37.1 Å². The Bertz CT molecular complexity index is 443. The van der Waals surface area contributed by atoms with Gasteiger partial charge in [0.15, 0.2) is 0 Å². The molecular formula is C14H19FN2O2. The van der Waals surface area contributed by atoms with Crippen LogP contribution in [0, 0.1) is 11.7 Å². The summed E-state index contributed by atoms with van der Waals surface area (Å²) in [6.45, 7) is 6.03. The van der Waals surface area contributed by atoms with E-state index in [2.05, 4.69) is 10.6 Å². The Labute approximate surface area is 112 Å². The van der Waals surface area contributed by atoms with E-state index in [0.29, 0.717) is 12.1 Å². The molecule has 2 N–H and O–H groups in total. The molecule has 0 aliphatic carbocycles. The van der Waals surface area contributed by atoms with Crippen LogP contribution in [0.1, 0.15) is 31.1 Å². The lowest BCUT2D eigenvalue weighted by molar-refractivity contribution is -0.123. The van der Waals surface area contributed by atoms with E-state index in [1.54, 1.807) is 0 Å². The molecule has 0 fully saturated rings. The van der Waals surface area contributed by atoms with Crippen molar-refractivity contribution in [3.05, 3.63) is 35.6 Å². The number of likely N-dealkylation sites (N-methyl/N-ethyl adjacent to an activating group) is 1. The SMILES string of the molecule is CCNC(=O)C(NC(=O)c1ccc(F)cc1)C(C)C. The zero-order valence-corrected chi connectivity index (χ0v) is 11.4. The van der Waals surface area contributed by atoms with Crippen molar-refractivity contribution in [1.29, 1.82) is 0 Å². The normalized spacial score (nSPS) is 12.1. The molecule has 0 saturated carbocycles. The molecule has 0 aliphatic rings. The molecule has 0 spiro atoms. The Kier molecular flexibility index (Phi) is 5.48. The van der Waals surface area contributed by atoms with Gasteiger partial charge in [0, 0.05) is 12.1 Å². The summed E-state index contributed by atoms with van der Waals surface area (Å²) in [5.41, 5.74) is 0.330. The van der Waals surface area contributed by atoms with E-state index in [1.165, 1.54) is 24.3 Å². The minimum absolute atomic E-state index is 0.0315. The van der Waals surface area contributed by atoms with Gasteiger partial charge in [-0.25, -0.2) is 4.39 Å². The van der Waals surface area contributed by atoms with Crippen molar-refractivity contribution in [2.45, 2.75) is 26.8 Å². The Balaban J connectivity index is 2.76. The molecule has 0 aromatic heterocycles. The standard InChI is InChI=1S/C14H19FN2O2/c1-4-16-14(19)12(9(2)3)17-13(18)10-5-7-11(15)8-6-10/h5-9,12H,4H2,1-3H3,(H,16,19)(H,17,18). The van der Waals surface area contributed by atoms with Crippen LogP contribution in [0.25, 0.3) is 0 Å². The molecule has 104 valence electrons. The number of benzene rings is 1. The minimum atomic E-state index is -0.600. The first kappa shape index (κ1) is 15.1. The van der Waals surface area contributed by atoms with Gasteiger partial charge in [0.25, 0.3) is 5.91 Å². The van der Waals surface area contributed by atoms with Gasteiger partial charge in [0.1, 0.15) is 11.9 Å². The molecule has 1 aromatic carbocycles. The predicted molar refractivity (Wildman–Crippen MR) is 71.2 cm³/mol. The summed E-state index contributed by atoms with van der Waals surface area (Å²) in [5, 5.41) is 5.34. The number of carbonyl (C=O) groups is 2. The second-order valence-corrected chi connectivity index (χ2v) is 4.60. The first-order valence-corrected chi connectivity index (χ1v) is 6.29. The zero-order valence-electron chi connectivity index (χ0n) is 11.4. The van der Waals surface area contributed by atoms with Crippen LogP contribution < -0.4 is 10.6 Å². The molecule has 0 aliphatic heterocycles. The summed E-state index contributed by atoms with van der Waals surface area (Å²) in [6, 6.07) is 4.61. The number of amides is 2. The van der Waals surface area contributed by atoms with Crippen LogP contribution in [0.4, 0.5) is 4.39 Å². The highest BCUT2D eigenvalue weighted by Gasteiger charge is 2.23.